The van der Waals surface area contributed by atoms with Crippen molar-refractivity contribution in [3.63, 3.8) is 0 Å². The Morgan fingerprint density at radius 3 is 2.38 bits per heavy atom. The number of pyridine rings is 1. The number of hydrogen-bond donors (Lipinski definition) is 0. The molecule has 0 bridgehead atoms. The summed E-state index contributed by atoms with van der Waals surface area (Å²) in [6, 6.07) is 6.32. The van der Waals surface area contributed by atoms with Crippen molar-refractivity contribution in [2.24, 2.45) is 0 Å². The quantitative estimate of drug-likeness (QED) is 0.558. The van der Waals surface area contributed by atoms with E-state index in [9.17, 15) is 0 Å². The monoisotopic (exact) mass is 347 g/mol. The maximum absolute atomic E-state index is 4.71. The average Bonchev–Trinajstić information content (AvgIpc) is 3.19. The zero-order valence-electron chi connectivity index (χ0n) is 16.1. The third-order valence-corrected chi connectivity index (χ3v) is 5.11. The fraction of sp³-hybridized carbons (Fsp3) is 0.381. The average molecular weight is 347 g/mol. The molecule has 0 saturated heterocycles. The van der Waals surface area contributed by atoms with Crippen molar-refractivity contribution >= 4 is 11.2 Å². The smallest absolute Gasteiger partial charge is 0.158 e. The highest BCUT2D eigenvalue weighted by atomic mass is 15.2. The lowest BCUT2D eigenvalue weighted by atomic mass is 9.80. The van der Waals surface area contributed by atoms with Crippen molar-refractivity contribution in [2.75, 3.05) is 0 Å². The Kier molecular flexibility index (Phi) is 3.65. The van der Waals surface area contributed by atoms with Crippen LogP contribution in [-0.2, 0) is 17.3 Å². The fourth-order valence-electron chi connectivity index (χ4n) is 3.33. The number of nitrogens with zero attached hydrogens (tertiary/aromatic N) is 5. The molecule has 134 valence electrons. The van der Waals surface area contributed by atoms with Crippen molar-refractivity contribution in [2.45, 2.75) is 51.9 Å². The lowest BCUT2D eigenvalue weighted by Gasteiger charge is -2.25. The molecule has 0 amide bonds. The van der Waals surface area contributed by atoms with Crippen LogP contribution >= 0.6 is 0 Å². The number of hydrogen-bond acceptors (Lipinski definition) is 3. The maximum Gasteiger partial charge on any atom is 0.158 e. The third-order valence-electron chi connectivity index (χ3n) is 5.11. The van der Waals surface area contributed by atoms with Gasteiger partial charge < -0.3 is 0 Å². The second-order valence-corrected chi connectivity index (χ2v) is 8.71. The van der Waals surface area contributed by atoms with Gasteiger partial charge in [-0.3, -0.25) is 0 Å². The Bertz CT molecular complexity index is 1080. The van der Waals surface area contributed by atoms with Crippen LogP contribution in [0.5, 0.6) is 0 Å². The number of fused-ring (bicyclic) bond motifs is 2. The van der Waals surface area contributed by atoms with Crippen LogP contribution in [0.15, 0.2) is 49.2 Å². The Labute approximate surface area is 153 Å². The van der Waals surface area contributed by atoms with E-state index in [-0.39, 0.29) is 10.8 Å². The lowest BCUT2D eigenvalue weighted by Crippen LogP contribution is -2.21. The first-order chi connectivity index (χ1) is 12.2. The van der Waals surface area contributed by atoms with Gasteiger partial charge >= 0.3 is 0 Å². The minimum absolute atomic E-state index is 0.0476. The third kappa shape index (κ3) is 2.87. The molecule has 0 N–H and O–H groups in total. The van der Waals surface area contributed by atoms with E-state index in [4.69, 9.17) is 4.98 Å². The topological polar surface area (TPSA) is 47.5 Å². The van der Waals surface area contributed by atoms with Crippen LogP contribution < -0.4 is 0 Å². The van der Waals surface area contributed by atoms with Crippen LogP contribution in [-0.4, -0.2) is 24.2 Å². The van der Waals surface area contributed by atoms with E-state index in [0.29, 0.717) is 0 Å². The van der Waals surface area contributed by atoms with Crippen LogP contribution in [0.1, 0.15) is 51.3 Å². The second-order valence-electron chi connectivity index (χ2n) is 8.71. The van der Waals surface area contributed by atoms with Gasteiger partial charge in [0.05, 0.1) is 11.7 Å². The SMILES string of the molecule is CC(C)(C)c1cnc2c(CC(C)(C)c3ccc4ccnn4c3)cnn2c1. The van der Waals surface area contributed by atoms with Gasteiger partial charge in [-0.05, 0) is 40.5 Å². The van der Waals surface area contributed by atoms with Crippen LogP contribution in [0.4, 0.5) is 0 Å². The van der Waals surface area contributed by atoms with E-state index in [0.717, 1.165) is 23.1 Å². The maximum atomic E-state index is 4.71. The van der Waals surface area contributed by atoms with Gasteiger partial charge in [0.25, 0.3) is 0 Å². The molecule has 26 heavy (non-hydrogen) atoms. The van der Waals surface area contributed by atoms with Crippen molar-refractivity contribution in [1.29, 1.82) is 0 Å². The molecule has 4 aromatic rings. The zero-order valence-corrected chi connectivity index (χ0v) is 16.1. The van der Waals surface area contributed by atoms with Crippen molar-refractivity contribution in [3.8, 4) is 0 Å². The Hall–Kier alpha value is -2.69. The standard InChI is InChI=1S/C21H25N5/c1-20(2,3)17-12-22-19-15(11-24-26(19)14-17)10-21(4,5)16-6-7-18-8-9-23-25(18)13-16/h6-9,11-14H,10H2,1-5H3. The van der Waals surface area contributed by atoms with Crippen LogP contribution in [0, 0.1) is 0 Å². The molecule has 0 radical (unpaired) electrons. The molecule has 0 fully saturated rings. The summed E-state index contributed by atoms with van der Waals surface area (Å²) >= 11 is 0. The lowest BCUT2D eigenvalue weighted by molar-refractivity contribution is 0.520. The molecular formula is C21H25N5. The van der Waals surface area contributed by atoms with Crippen molar-refractivity contribution in [3.05, 3.63) is 65.9 Å². The van der Waals surface area contributed by atoms with Crippen molar-refractivity contribution in [1.82, 2.24) is 24.2 Å². The second kappa shape index (κ2) is 5.66. The predicted molar refractivity (Wildman–Crippen MR) is 104 cm³/mol. The molecule has 0 aliphatic rings. The molecule has 4 rings (SSSR count). The molecule has 5 nitrogen and oxygen atoms in total. The molecule has 0 aliphatic heterocycles. The summed E-state index contributed by atoms with van der Waals surface area (Å²) in [6.07, 6.45) is 10.8. The molecule has 4 heterocycles. The van der Waals surface area contributed by atoms with Gasteiger partial charge in [-0.2, -0.15) is 10.2 Å². The Morgan fingerprint density at radius 1 is 0.846 bits per heavy atom. The fourth-order valence-corrected chi connectivity index (χ4v) is 3.33. The molecule has 0 aromatic carbocycles. The normalized spacial score (nSPS) is 13.0. The van der Waals surface area contributed by atoms with Gasteiger partial charge in [0, 0.05) is 30.4 Å². The first-order valence-corrected chi connectivity index (χ1v) is 9.01. The van der Waals surface area contributed by atoms with Crippen LogP contribution in [0.2, 0.25) is 0 Å². The molecule has 0 saturated carbocycles. The minimum Gasteiger partial charge on any atom is -0.241 e. The Morgan fingerprint density at radius 2 is 1.62 bits per heavy atom. The van der Waals surface area contributed by atoms with E-state index in [2.05, 4.69) is 69.3 Å². The van der Waals surface area contributed by atoms with Crippen LogP contribution in [0.25, 0.3) is 11.2 Å². The first-order valence-electron chi connectivity index (χ1n) is 9.01. The molecule has 0 unspecified atom stereocenters. The largest absolute Gasteiger partial charge is 0.241 e. The molecule has 5 heteroatoms. The van der Waals surface area contributed by atoms with Gasteiger partial charge in [0.15, 0.2) is 5.65 Å². The molecule has 0 spiro atoms. The molecule has 4 aromatic heterocycles. The van der Waals surface area contributed by atoms with Gasteiger partial charge in [-0.1, -0.05) is 40.7 Å². The van der Waals surface area contributed by atoms with Gasteiger partial charge in [-0.15, -0.1) is 0 Å². The number of rotatable bonds is 3. The Balaban J connectivity index is 1.69. The summed E-state index contributed by atoms with van der Waals surface area (Å²) in [5, 5.41) is 8.91. The van der Waals surface area contributed by atoms with E-state index in [1.54, 1.807) is 0 Å². The summed E-state index contributed by atoms with van der Waals surface area (Å²) in [7, 11) is 0. The predicted octanol–water partition coefficient (Wildman–Crippen LogP) is 4.19. The summed E-state index contributed by atoms with van der Waals surface area (Å²) in [5.41, 5.74) is 5.65. The minimum atomic E-state index is -0.0476. The zero-order chi connectivity index (χ0) is 18.5. The molecule has 0 atom stereocenters. The van der Waals surface area contributed by atoms with Gasteiger partial charge in [0.1, 0.15) is 0 Å². The highest BCUT2D eigenvalue weighted by molar-refractivity contribution is 5.50. The summed E-state index contributed by atoms with van der Waals surface area (Å²) < 4.78 is 3.84. The highest BCUT2D eigenvalue weighted by Gasteiger charge is 2.24. The van der Waals surface area contributed by atoms with E-state index in [1.807, 2.05) is 33.7 Å². The van der Waals surface area contributed by atoms with E-state index >= 15 is 0 Å². The van der Waals surface area contributed by atoms with E-state index in [1.165, 1.54) is 11.1 Å². The van der Waals surface area contributed by atoms with Crippen LogP contribution in [0.3, 0.4) is 0 Å². The molecule has 0 aliphatic carbocycles. The summed E-state index contributed by atoms with van der Waals surface area (Å²) in [5.74, 6) is 0. The van der Waals surface area contributed by atoms with E-state index < -0.39 is 0 Å². The summed E-state index contributed by atoms with van der Waals surface area (Å²) in [4.78, 5) is 4.71. The van der Waals surface area contributed by atoms with Gasteiger partial charge in [0.2, 0.25) is 0 Å². The first kappa shape index (κ1) is 16.8. The van der Waals surface area contributed by atoms with Crippen molar-refractivity contribution < 1.29 is 0 Å². The molecular weight excluding hydrogens is 322 g/mol. The highest BCUT2D eigenvalue weighted by Crippen LogP contribution is 2.30. The van der Waals surface area contributed by atoms with Gasteiger partial charge in [-0.25, -0.2) is 14.0 Å². The number of aromatic nitrogens is 5. The summed E-state index contributed by atoms with van der Waals surface area (Å²) in [6.45, 7) is 11.1.